The molecule has 0 aliphatic heterocycles. The van der Waals surface area contributed by atoms with Crippen molar-refractivity contribution in [1.82, 2.24) is 5.32 Å². The fraction of sp³-hybridized carbons (Fsp3) is 0.467. The lowest BCUT2D eigenvalue weighted by molar-refractivity contribution is -0.146. The Morgan fingerprint density at radius 2 is 1.74 bits per heavy atom. The van der Waals surface area contributed by atoms with Crippen molar-refractivity contribution in [2.45, 2.75) is 39.7 Å². The van der Waals surface area contributed by atoms with Gasteiger partial charge < -0.3 is 10.1 Å². The minimum Gasteiger partial charge on any atom is -0.466 e. The second kappa shape index (κ2) is 8.29. The molecule has 4 nitrogen and oxygen atoms in total. The average Bonchev–Trinajstić information content (AvgIpc) is 2.38. The molecule has 104 valence electrons. The largest absolute Gasteiger partial charge is 0.466 e. The molecular weight excluding hydrogens is 242 g/mol. The molecule has 0 saturated carbocycles. The number of amides is 1. The highest BCUT2D eigenvalue weighted by Gasteiger charge is 2.09. The van der Waals surface area contributed by atoms with Crippen LogP contribution < -0.4 is 5.32 Å². The number of carbonyl (C=O) groups excluding carboxylic acids is 2. The summed E-state index contributed by atoms with van der Waals surface area (Å²) < 4.78 is 4.71. The number of ether oxygens (including phenoxy) is 1. The maximum atomic E-state index is 11.5. The van der Waals surface area contributed by atoms with Gasteiger partial charge in [-0.1, -0.05) is 37.6 Å². The van der Waals surface area contributed by atoms with Crippen molar-refractivity contribution < 1.29 is 14.3 Å². The molecule has 0 saturated heterocycles. The number of esters is 1. The summed E-state index contributed by atoms with van der Waals surface area (Å²) in [5.41, 5.74) is 2.32. The molecule has 1 rings (SSSR count). The molecule has 0 spiro atoms. The Balaban J connectivity index is 2.35. The summed E-state index contributed by atoms with van der Waals surface area (Å²) in [6, 6.07) is 8.12. The van der Waals surface area contributed by atoms with Gasteiger partial charge in [0.1, 0.15) is 6.42 Å². The number of aryl methyl sites for hydroxylation is 1. The molecule has 0 aliphatic rings. The van der Waals surface area contributed by atoms with E-state index in [1.165, 1.54) is 5.56 Å². The lowest BCUT2D eigenvalue weighted by Crippen LogP contribution is -2.26. The van der Waals surface area contributed by atoms with Crippen LogP contribution in [0.2, 0.25) is 0 Å². The molecule has 19 heavy (non-hydrogen) atoms. The lowest BCUT2D eigenvalue weighted by Gasteiger charge is -2.06. The lowest BCUT2D eigenvalue weighted by atomic mass is 10.1. The number of carbonyl (C=O) groups is 2. The Bertz CT molecular complexity index is 412. The molecule has 0 aliphatic carbocycles. The van der Waals surface area contributed by atoms with Gasteiger partial charge >= 0.3 is 5.97 Å². The maximum absolute atomic E-state index is 11.5. The smallest absolute Gasteiger partial charge is 0.315 e. The number of hydrogen-bond acceptors (Lipinski definition) is 3. The summed E-state index contributed by atoms with van der Waals surface area (Å²) >= 11 is 0. The number of rotatable bonds is 7. The molecule has 1 aromatic carbocycles. The van der Waals surface area contributed by atoms with E-state index in [0.717, 1.165) is 18.4 Å². The monoisotopic (exact) mass is 263 g/mol. The highest BCUT2D eigenvalue weighted by atomic mass is 16.5. The van der Waals surface area contributed by atoms with Crippen molar-refractivity contribution in [3.05, 3.63) is 35.4 Å². The van der Waals surface area contributed by atoms with Crippen molar-refractivity contribution >= 4 is 11.9 Å². The molecule has 0 unspecified atom stereocenters. The summed E-state index contributed by atoms with van der Waals surface area (Å²) in [6.45, 7) is 4.59. The van der Waals surface area contributed by atoms with E-state index in [4.69, 9.17) is 4.74 Å². The van der Waals surface area contributed by atoms with Crippen molar-refractivity contribution in [1.29, 1.82) is 0 Å². The van der Waals surface area contributed by atoms with Crippen molar-refractivity contribution in [3.8, 4) is 0 Å². The quantitative estimate of drug-likeness (QED) is 0.606. The normalized spacial score (nSPS) is 10.0. The topological polar surface area (TPSA) is 55.4 Å². The molecule has 0 heterocycles. The van der Waals surface area contributed by atoms with Gasteiger partial charge in [0.15, 0.2) is 0 Å². The van der Waals surface area contributed by atoms with Gasteiger partial charge in [0.05, 0.1) is 6.61 Å². The fourth-order valence-electron chi connectivity index (χ4n) is 1.72. The predicted octanol–water partition coefficient (Wildman–Crippen LogP) is 2.21. The average molecular weight is 263 g/mol. The van der Waals surface area contributed by atoms with Crippen LogP contribution in [0.5, 0.6) is 0 Å². The number of benzene rings is 1. The standard InChI is InChI=1S/C15H21NO3/c1-3-5-12-6-8-13(9-7-12)11-16-14(17)10-15(18)19-4-2/h6-9H,3-5,10-11H2,1-2H3,(H,16,17). The van der Waals surface area contributed by atoms with Gasteiger partial charge in [-0.15, -0.1) is 0 Å². The summed E-state index contributed by atoms with van der Waals surface area (Å²) in [4.78, 5) is 22.6. The van der Waals surface area contributed by atoms with E-state index >= 15 is 0 Å². The van der Waals surface area contributed by atoms with Gasteiger partial charge in [-0.25, -0.2) is 0 Å². The first-order valence-corrected chi connectivity index (χ1v) is 6.65. The van der Waals surface area contributed by atoms with Gasteiger partial charge in [-0.2, -0.15) is 0 Å². The Labute approximate surface area is 114 Å². The second-order valence-corrected chi connectivity index (χ2v) is 4.33. The van der Waals surface area contributed by atoms with Crippen LogP contribution in [0.4, 0.5) is 0 Å². The molecule has 1 aromatic rings. The van der Waals surface area contributed by atoms with Crippen LogP contribution in [0, 0.1) is 0 Å². The van der Waals surface area contributed by atoms with Crippen LogP contribution >= 0.6 is 0 Å². The first kappa shape index (κ1) is 15.2. The molecule has 0 radical (unpaired) electrons. The van der Waals surface area contributed by atoms with Gasteiger partial charge in [-0.05, 0) is 24.5 Å². The van der Waals surface area contributed by atoms with Crippen LogP contribution in [0.3, 0.4) is 0 Å². The van der Waals surface area contributed by atoms with Gasteiger partial charge in [0.2, 0.25) is 5.91 Å². The Kier molecular flexibility index (Phi) is 6.64. The van der Waals surface area contributed by atoms with Gasteiger partial charge in [-0.3, -0.25) is 9.59 Å². The molecule has 0 fully saturated rings. The fourth-order valence-corrected chi connectivity index (χ4v) is 1.72. The third-order valence-corrected chi connectivity index (χ3v) is 2.66. The van der Waals surface area contributed by atoms with Crippen LogP contribution in [0.1, 0.15) is 37.8 Å². The molecule has 1 amide bonds. The first-order valence-electron chi connectivity index (χ1n) is 6.65. The summed E-state index contributed by atoms with van der Waals surface area (Å²) in [5.74, 6) is -0.797. The Morgan fingerprint density at radius 1 is 1.11 bits per heavy atom. The van der Waals surface area contributed by atoms with Crippen LogP contribution in [-0.4, -0.2) is 18.5 Å². The van der Waals surface area contributed by atoms with E-state index < -0.39 is 5.97 Å². The highest BCUT2D eigenvalue weighted by Crippen LogP contribution is 2.06. The predicted molar refractivity (Wildman–Crippen MR) is 73.5 cm³/mol. The number of nitrogens with one attached hydrogen (secondary N) is 1. The molecule has 4 heteroatoms. The van der Waals surface area contributed by atoms with E-state index in [-0.39, 0.29) is 12.3 Å². The molecule has 0 bridgehead atoms. The van der Waals surface area contributed by atoms with E-state index in [2.05, 4.69) is 24.4 Å². The maximum Gasteiger partial charge on any atom is 0.315 e. The van der Waals surface area contributed by atoms with E-state index in [1.807, 2.05) is 12.1 Å². The van der Waals surface area contributed by atoms with E-state index in [9.17, 15) is 9.59 Å². The van der Waals surface area contributed by atoms with E-state index in [0.29, 0.717) is 13.2 Å². The molecular formula is C15H21NO3. The minimum absolute atomic E-state index is 0.220. The third kappa shape index (κ3) is 6.04. The molecule has 0 aromatic heterocycles. The van der Waals surface area contributed by atoms with Gasteiger partial charge in [0, 0.05) is 6.54 Å². The number of hydrogen-bond donors (Lipinski definition) is 1. The van der Waals surface area contributed by atoms with Crippen LogP contribution in [-0.2, 0) is 27.3 Å². The van der Waals surface area contributed by atoms with Crippen LogP contribution in [0.15, 0.2) is 24.3 Å². The zero-order valence-electron chi connectivity index (χ0n) is 11.6. The Morgan fingerprint density at radius 3 is 2.32 bits per heavy atom. The van der Waals surface area contributed by atoms with Crippen LogP contribution in [0.25, 0.3) is 0 Å². The zero-order chi connectivity index (χ0) is 14.1. The van der Waals surface area contributed by atoms with Crippen molar-refractivity contribution in [2.75, 3.05) is 6.61 Å². The summed E-state index contributed by atoms with van der Waals surface area (Å²) in [6.07, 6.45) is 1.97. The molecule has 1 N–H and O–H groups in total. The van der Waals surface area contributed by atoms with Crippen molar-refractivity contribution in [3.63, 3.8) is 0 Å². The minimum atomic E-state index is -0.488. The Hall–Kier alpha value is -1.84. The highest BCUT2D eigenvalue weighted by molar-refractivity contribution is 5.94. The first-order chi connectivity index (χ1) is 9.15. The summed E-state index contributed by atoms with van der Waals surface area (Å²) in [5, 5.41) is 2.70. The van der Waals surface area contributed by atoms with Gasteiger partial charge in [0.25, 0.3) is 0 Å². The van der Waals surface area contributed by atoms with E-state index in [1.54, 1.807) is 6.92 Å². The molecule has 0 atom stereocenters. The zero-order valence-corrected chi connectivity index (χ0v) is 11.6. The van der Waals surface area contributed by atoms with Crippen molar-refractivity contribution in [2.24, 2.45) is 0 Å². The third-order valence-electron chi connectivity index (χ3n) is 2.66. The second-order valence-electron chi connectivity index (χ2n) is 4.33. The summed E-state index contributed by atoms with van der Waals surface area (Å²) in [7, 11) is 0. The SMILES string of the molecule is CCCc1ccc(CNC(=O)CC(=O)OCC)cc1.